The van der Waals surface area contributed by atoms with Gasteiger partial charge in [-0.25, -0.2) is 0 Å². The number of carbonyl (C=O) groups is 1. The van der Waals surface area contributed by atoms with Crippen LogP contribution in [0.1, 0.15) is 12.5 Å². The molecular weight excluding hydrogens is 320 g/mol. The van der Waals surface area contributed by atoms with Crippen molar-refractivity contribution in [2.45, 2.75) is 13.0 Å². The Bertz CT molecular complexity index is 770. The van der Waals surface area contributed by atoms with Gasteiger partial charge in [0.1, 0.15) is 17.7 Å². The molecule has 1 unspecified atom stereocenters. The van der Waals surface area contributed by atoms with E-state index in [9.17, 15) is 10.1 Å². The van der Waals surface area contributed by atoms with Gasteiger partial charge in [0.25, 0.3) is 5.91 Å². The van der Waals surface area contributed by atoms with Crippen LogP contribution in [0.2, 0.25) is 0 Å². The third-order valence-electron chi connectivity index (χ3n) is 4.28. The van der Waals surface area contributed by atoms with Crippen molar-refractivity contribution in [3.63, 3.8) is 0 Å². The molecule has 0 radical (unpaired) electrons. The maximum absolute atomic E-state index is 12.5. The van der Waals surface area contributed by atoms with Crippen molar-refractivity contribution in [3.8, 4) is 17.6 Å². The molecule has 3 rings (SSSR count). The van der Waals surface area contributed by atoms with E-state index in [4.69, 9.17) is 14.2 Å². The first-order valence-corrected chi connectivity index (χ1v) is 8.18. The van der Waals surface area contributed by atoms with E-state index in [-0.39, 0.29) is 17.6 Å². The summed E-state index contributed by atoms with van der Waals surface area (Å²) < 4.78 is 16.5. The lowest BCUT2D eigenvalue weighted by Gasteiger charge is -2.27. The van der Waals surface area contributed by atoms with E-state index >= 15 is 0 Å². The molecule has 1 atom stereocenters. The van der Waals surface area contributed by atoms with Gasteiger partial charge in [-0.15, -0.1) is 0 Å². The maximum atomic E-state index is 12.5. The zero-order chi connectivity index (χ0) is 17.8. The fourth-order valence-electron chi connectivity index (χ4n) is 2.88. The summed E-state index contributed by atoms with van der Waals surface area (Å²) in [5.41, 5.74) is 1.74. The van der Waals surface area contributed by atoms with Crippen molar-refractivity contribution in [3.05, 3.63) is 41.0 Å². The largest absolute Gasteiger partial charge is 0.493 e. The smallest absolute Gasteiger partial charge is 0.264 e. The number of carbonyl (C=O) groups excluding carboxylic acids is 1. The number of para-hydroxylation sites is 1. The molecule has 2 heterocycles. The highest BCUT2D eigenvalue weighted by atomic mass is 16.5. The van der Waals surface area contributed by atoms with Crippen LogP contribution in [0.3, 0.4) is 0 Å². The molecule has 1 saturated heterocycles. The summed E-state index contributed by atoms with van der Waals surface area (Å²) in [6, 6.07) is 7.64. The zero-order valence-electron chi connectivity index (χ0n) is 14.3. The molecule has 6 heteroatoms. The van der Waals surface area contributed by atoms with Gasteiger partial charge in [-0.2, -0.15) is 5.26 Å². The number of hydrogen-bond acceptors (Lipinski definition) is 5. The van der Waals surface area contributed by atoms with E-state index in [0.29, 0.717) is 37.8 Å². The molecule has 0 bridgehead atoms. The summed E-state index contributed by atoms with van der Waals surface area (Å²) in [5, 5.41) is 9.44. The lowest BCUT2D eigenvalue weighted by molar-refractivity contribution is -0.130. The molecule has 0 N–H and O–H groups in total. The predicted molar refractivity (Wildman–Crippen MR) is 92.2 cm³/mol. The van der Waals surface area contributed by atoms with Gasteiger partial charge in [-0.1, -0.05) is 12.1 Å². The van der Waals surface area contributed by atoms with Crippen molar-refractivity contribution in [1.29, 1.82) is 5.26 Å². The average Bonchev–Trinajstić information content (AvgIpc) is 2.66. The number of fused-ring (bicyclic) bond motifs is 1. The topological polar surface area (TPSA) is 71.8 Å². The molecule has 2 aliphatic heterocycles. The van der Waals surface area contributed by atoms with E-state index in [0.717, 1.165) is 11.1 Å². The quantitative estimate of drug-likeness (QED) is 0.623. The predicted octanol–water partition coefficient (Wildman–Crippen LogP) is 2.17. The van der Waals surface area contributed by atoms with E-state index in [1.807, 2.05) is 37.3 Å². The van der Waals surface area contributed by atoms with Gasteiger partial charge < -0.3 is 19.1 Å². The van der Waals surface area contributed by atoms with Crippen LogP contribution in [0.15, 0.2) is 35.4 Å². The van der Waals surface area contributed by atoms with Crippen LogP contribution in [0.5, 0.6) is 11.5 Å². The van der Waals surface area contributed by atoms with Gasteiger partial charge in [0, 0.05) is 18.7 Å². The van der Waals surface area contributed by atoms with Crippen LogP contribution in [0, 0.1) is 11.3 Å². The summed E-state index contributed by atoms with van der Waals surface area (Å²) >= 11 is 0. The van der Waals surface area contributed by atoms with Crippen LogP contribution in [-0.4, -0.2) is 50.3 Å². The average molecular weight is 340 g/mol. The number of nitrogens with zero attached hydrogens (tertiary/aromatic N) is 2. The molecule has 1 aromatic carbocycles. The molecule has 130 valence electrons. The third-order valence-corrected chi connectivity index (χ3v) is 4.28. The van der Waals surface area contributed by atoms with Crippen molar-refractivity contribution in [2.24, 2.45) is 0 Å². The van der Waals surface area contributed by atoms with Gasteiger partial charge in [0.15, 0.2) is 11.5 Å². The molecule has 25 heavy (non-hydrogen) atoms. The number of morpholine rings is 1. The Morgan fingerprint density at radius 3 is 2.84 bits per heavy atom. The molecule has 1 amide bonds. The second-order valence-electron chi connectivity index (χ2n) is 5.86. The first-order chi connectivity index (χ1) is 12.1. The minimum Gasteiger partial charge on any atom is -0.493 e. The number of hydrogen-bond donors (Lipinski definition) is 0. The Hall–Kier alpha value is -2.78. The van der Waals surface area contributed by atoms with Crippen LogP contribution < -0.4 is 9.47 Å². The minimum absolute atomic E-state index is 0.106. The molecule has 1 aromatic rings. The summed E-state index contributed by atoms with van der Waals surface area (Å²) in [4.78, 5) is 14.2. The van der Waals surface area contributed by atoms with Gasteiger partial charge in [0.05, 0.1) is 20.3 Å². The van der Waals surface area contributed by atoms with Crippen LogP contribution in [0.25, 0.3) is 6.08 Å². The van der Waals surface area contributed by atoms with Crippen LogP contribution >= 0.6 is 0 Å². The minimum atomic E-state index is -0.287. The molecule has 0 spiro atoms. The molecule has 0 aromatic heterocycles. The molecule has 6 nitrogen and oxygen atoms in total. The first kappa shape index (κ1) is 17.1. The molecule has 0 aliphatic carbocycles. The van der Waals surface area contributed by atoms with Crippen molar-refractivity contribution >= 4 is 12.0 Å². The lowest BCUT2D eigenvalue weighted by Crippen LogP contribution is -2.41. The molecule has 0 saturated carbocycles. The summed E-state index contributed by atoms with van der Waals surface area (Å²) in [6.45, 7) is 3.89. The number of amides is 1. The molecular formula is C19H20N2O4. The Labute approximate surface area is 146 Å². The SMILES string of the molecule is COc1cccc2c1OC(C)C(C=C(C#N)C(=O)N1CCOCC1)=C2. The third kappa shape index (κ3) is 3.52. The fraction of sp³-hybridized carbons (Fsp3) is 0.368. The fourth-order valence-corrected chi connectivity index (χ4v) is 2.88. The van der Waals surface area contributed by atoms with Gasteiger partial charge in [-0.05, 0) is 30.7 Å². The van der Waals surface area contributed by atoms with E-state index in [1.165, 1.54) is 0 Å². The molecule has 1 fully saturated rings. The lowest BCUT2D eigenvalue weighted by atomic mass is 9.99. The van der Waals surface area contributed by atoms with Gasteiger partial charge in [0.2, 0.25) is 0 Å². The Kier molecular flexibility index (Phi) is 5.05. The maximum Gasteiger partial charge on any atom is 0.264 e. The Morgan fingerprint density at radius 1 is 1.40 bits per heavy atom. The van der Waals surface area contributed by atoms with E-state index < -0.39 is 0 Å². The van der Waals surface area contributed by atoms with Gasteiger partial charge >= 0.3 is 0 Å². The zero-order valence-corrected chi connectivity index (χ0v) is 14.3. The second-order valence-corrected chi connectivity index (χ2v) is 5.86. The Balaban J connectivity index is 1.91. The van der Waals surface area contributed by atoms with E-state index in [1.54, 1.807) is 18.1 Å². The number of nitriles is 1. The first-order valence-electron chi connectivity index (χ1n) is 8.18. The molecule has 2 aliphatic rings. The standard InChI is InChI=1S/C19H20N2O4/c1-13-15(10-14-4-3-5-17(23-2)18(14)25-13)11-16(12-20)19(22)21-6-8-24-9-7-21/h3-5,10-11,13H,6-9H2,1-2H3. The summed E-state index contributed by atoms with van der Waals surface area (Å²) in [5.74, 6) is 1.07. The monoisotopic (exact) mass is 340 g/mol. The van der Waals surface area contributed by atoms with Crippen LogP contribution in [-0.2, 0) is 9.53 Å². The highest BCUT2D eigenvalue weighted by Crippen LogP contribution is 2.38. The Morgan fingerprint density at radius 2 is 2.16 bits per heavy atom. The van der Waals surface area contributed by atoms with Crippen LogP contribution in [0.4, 0.5) is 0 Å². The van der Waals surface area contributed by atoms with Crippen molar-refractivity contribution < 1.29 is 19.0 Å². The second kappa shape index (κ2) is 7.41. The highest BCUT2D eigenvalue weighted by molar-refractivity contribution is 5.98. The van der Waals surface area contributed by atoms with E-state index in [2.05, 4.69) is 0 Å². The highest BCUT2D eigenvalue weighted by Gasteiger charge is 2.24. The van der Waals surface area contributed by atoms with Gasteiger partial charge in [-0.3, -0.25) is 4.79 Å². The number of methoxy groups -OCH3 is 1. The van der Waals surface area contributed by atoms with Crippen molar-refractivity contribution in [2.75, 3.05) is 33.4 Å². The summed E-state index contributed by atoms with van der Waals surface area (Å²) in [6.07, 6.45) is 3.26. The van der Waals surface area contributed by atoms with Crippen molar-refractivity contribution in [1.82, 2.24) is 4.90 Å². The number of ether oxygens (including phenoxy) is 3. The summed E-state index contributed by atoms with van der Waals surface area (Å²) in [7, 11) is 1.59. The normalized spacial score (nSPS) is 20.0. The number of benzene rings is 1. The number of rotatable bonds is 3.